The summed E-state index contributed by atoms with van der Waals surface area (Å²) >= 11 is 0. The minimum absolute atomic E-state index is 0.270. The third-order valence-corrected chi connectivity index (χ3v) is 5.81. The fourth-order valence-electron chi connectivity index (χ4n) is 4.15. The van der Waals surface area contributed by atoms with Gasteiger partial charge in [0.05, 0.1) is 13.2 Å². The average Bonchev–Trinajstić information content (AvgIpc) is 2.65. The molecule has 0 spiro atoms. The second-order valence-electron chi connectivity index (χ2n) is 7.79. The van der Waals surface area contributed by atoms with Gasteiger partial charge in [-0.25, -0.2) is 4.79 Å². The van der Waals surface area contributed by atoms with Gasteiger partial charge in [-0.15, -0.1) is 0 Å². The maximum atomic E-state index is 12.2. The van der Waals surface area contributed by atoms with E-state index in [1.165, 1.54) is 70.6 Å². The van der Waals surface area contributed by atoms with Crippen LogP contribution >= 0.6 is 0 Å². The van der Waals surface area contributed by atoms with E-state index in [-0.39, 0.29) is 5.92 Å². The summed E-state index contributed by atoms with van der Waals surface area (Å²) in [7, 11) is 0. The molecule has 1 saturated heterocycles. The summed E-state index contributed by atoms with van der Waals surface area (Å²) in [5.74, 6) is 0.0836. The van der Waals surface area contributed by atoms with Crippen LogP contribution in [0, 0.1) is 17.8 Å². The first-order valence-electron chi connectivity index (χ1n) is 10.3. The normalized spacial score (nSPS) is 29.7. The van der Waals surface area contributed by atoms with Crippen molar-refractivity contribution in [3.05, 3.63) is 0 Å². The second kappa shape index (κ2) is 11.9. The van der Waals surface area contributed by atoms with Gasteiger partial charge in [0.15, 0.2) is 0 Å². The van der Waals surface area contributed by atoms with E-state index in [1.807, 2.05) is 0 Å². The molecule has 6 heteroatoms. The first kappa shape index (κ1) is 21.5. The molecule has 1 aliphatic heterocycles. The lowest BCUT2D eigenvalue weighted by Gasteiger charge is -2.37. The molecule has 2 fully saturated rings. The zero-order chi connectivity index (χ0) is 18.8. The maximum absolute atomic E-state index is 12.2. The Balaban J connectivity index is 1.55. The van der Waals surface area contributed by atoms with Crippen LogP contribution in [0.15, 0.2) is 0 Å². The fourth-order valence-corrected chi connectivity index (χ4v) is 4.15. The van der Waals surface area contributed by atoms with E-state index in [0.29, 0.717) is 19.1 Å². The summed E-state index contributed by atoms with van der Waals surface area (Å²) < 4.78 is 39.4. The number of hydrogen-bond donors (Lipinski definition) is 0. The van der Waals surface area contributed by atoms with Crippen LogP contribution in [0.25, 0.3) is 0 Å². The van der Waals surface area contributed by atoms with E-state index in [4.69, 9.17) is 9.47 Å². The van der Waals surface area contributed by atoms with Crippen molar-refractivity contribution in [2.24, 2.45) is 17.8 Å². The minimum atomic E-state index is -3.15. The zero-order valence-corrected chi connectivity index (χ0v) is 16.0. The molecule has 0 aromatic carbocycles. The topological polar surface area (TPSA) is 44.8 Å². The number of hydrogen-bond acceptors (Lipinski definition) is 4. The Morgan fingerprint density at radius 1 is 0.962 bits per heavy atom. The molecule has 2 aliphatic rings. The molecule has 0 aromatic heterocycles. The fraction of sp³-hybridized carbons (Fsp3) is 0.950. The summed E-state index contributed by atoms with van der Waals surface area (Å²) in [6.07, 6.45) is 11.2. The summed E-state index contributed by atoms with van der Waals surface area (Å²) in [5.41, 5.74) is 0. The number of unbranched alkanes of at least 4 members (excludes halogenated alkanes) is 5. The summed E-state index contributed by atoms with van der Waals surface area (Å²) in [5, 5.41) is 0. The highest BCUT2D eigenvalue weighted by molar-refractivity contribution is 5.72. The molecule has 1 aliphatic carbocycles. The highest BCUT2D eigenvalue weighted by Gasteiger charge is 2.34. The summed E-state index contributed by atoms with van der Waals surface area (Å²) in [4.78, 5) is 10.9. The predicted molar refractivity (Wildman–Crippen MR) is 94.7 cm³/mol. The first-order chi connectivity index (χ1) is 12.6. The van der Waals surface area contributed by atoms with Crippen LogP contribution in [0.4, 0.5) is 8.78 Å². The molecule has 4 nitrogen and oxygen atoms in total. The van der Waals surface area contributed by atoms with Crippen LogP contribution < -0.4 is 0 Å². The van der Waals surface area contributed by atoms with Gasteiger partial charge in [-0.3, -0.25) is 0 Å². The standard InChI is InChI=1S/C20H34F2O4/c1-2-3-4-5-6-7-8-15-9-11-16(12-10-15)17-13-24-20(25-14-17)26-19(23)18(21)22/h15-18,20H,2-14H2,1H3. The van der Waals surface area contributed by atoms with E-state index < -0.39 is 18.9 Å². The Hall–Kier alpha value is -0.750. The Kier molecular flexibility index (Phi) is 9.83. The second-order valence-corrected chi connectivity index (χ2v) is 7.79. The lowest BCUT2D eigenvalue weighted by Crippen LogP contribution is -2.40. The SMILES string of the molecule is CCCCCCCCC1CCC(C2COC(OC(=O)C(F)F)OC2)CC1. The summed E-state index contributed by atoms with van der Waals surface area (Å²) in [6.45, 7) is 1.79. The van der Waals surface area contributed by atoms with E-state index in [1.54, 1.807) is 0 Å². The van der Waals surface area contributed by atoms with Gasteiger partial charge >= 0.3 is 18.9 Å². The first-order valence-corrected chi connectivity index (χ1v) is 10.3. The average molecular weight is 376 g/mol. The molecular formula is C20H34F2O4. The van der Waals surface area contributed by atoms with Gasteiger partial charge in [-0.2, -0.15) is 8.78 Å². The number of alkyl halides is 2. The van der Waals surface area contributed by atoms with Crippen molar-refractivity contribution in [1.29, 1.82) is 0 Å². The third kappa shape index (κ3) is 7.47. The molecule has 0 radical (unpaired) electrons. The molecule has 1 heterocycles. The van der Waals surface area contributed by atoms with E-state index in [0.717, 1.165) is 5.92 Å². The molecule has 0 amide bonds. The molecule has 0 aromatic rings. The zero-order valence-electron chi connectivity index (χ0n) is 16.0. The van der Waals surface area contributed by atoms with Crippen LogP contribution in [-0.2, 0) is 19.0 Å². The van der Waals surface area contributed by atoms with Crippen molar-refractivity contribution in [3.63, 3.8) is 0 Å². The van der Waals surface area contributed by atoms with Gasteiger partial charge in [-0.1, -0.05) is 64.7 Å². The van der Waals surface area contributed by atoms with Crippen LogP contribution in [0.2, 0.25) is 0 Å². The number of carbonyl (C=O) groups is 1. The van der Waals surface area contributed by atoms with E-state index >= 15 is 0 Å². The molecule has 1 saturated carbocycles. The van der Waals surface area contributed by atoms with Gasteiger partial charge in [0, 0.05) is 5.92 Å². The van der Waals surface area contributed by atoms with Gasteiger partial charge in [0.2, 0.25) is 0 Å². The Labute approximate surface area is 155 Å². The van der Waals surface area contributed by atoms with Crippen LogP contribution in [-0.4, -0.2) is 32.1 Å². The van der Waals surface area contributed by atoms with E-state index in [9.17, 15) is 13.6 Å². The molecule has 0 atom stereocenters. The van der Waals surface area contributed by atoms with Crippen LogP contribution in [0.5, 0.6) is 0 Å². The molecule has 0 N–H and O–H groups in total. The molecule has 152 valence electrons. The number of rotatable bonds is 10. The number of esters is 1. The van der Waals surface area contributed by atoms with Crippen molar-refractivity contribution >= 4 is 5.97 Å². The lowest BCUT2D eigenvalue weighted by atomic mass is 9.74. The largest absolute Gasteiger partial charge is 0.406 e. The molecule has 0 unspecified atom stereocenters. The highest BCUT2D eigenvalue weighted by atomic mass is 19.3. The van der Waals surface area contributed by atoms with Crippen molar-refractivity contribution < 1.29 is 27.8 Å². The van der Waals surface area contributed by atoms with Crippen molar-refractivity contribution in [2.45, 2.75) is 90.5 Å². The number of halogens is 2. The lowest BCUT2D eigenvalue weighted by molar-refractivity contribution is -0.316. The van der Waals surface area contributed by atoms with Gasteiger partial charge in [0.25, 0.3) is 0 Å². The third-order valence-electron chi connectivity index (χ3n) is 5.81. The highest BCUT2D eigenvalue weighted by Crippen LogP contribution is 2.37. The Morgan fingerprint density at radius 2 is 1.58 bits per heavy atom. The van der Waals surface area contributed by atoms with Gasteiger partial charge < -0.3 is 14.2 Å². The van der Waals surface area contributed by atoms with Gasteiger partial charge in [-0.05, 0) is 24.7 Å². The van der Waals surface area contributed by atoms with Crippen LogP contribution in [0.3, 0.4) is 0 Å². The predicted octanol–water partition coefficient (Wildman–Crippen LogP) is 5.30. The van der Waals surface area contributed by atoms with E-state index in [2.05, 4.69) is 11.7 Å². The smallest absolute Gasteiger partial charge is 0.377 e. The minimum Gasteiger partial charge on any atom is -0.406 e. The monoisotopic (exact) mass is 376 g/mol. The van der Waals surface area contributed by atoms with Crippen molar-refractivity contribution in [1.82, 2.24) is 0 Å². The molecule has 26 heavy (non-hydrogen) atoms. The van der Waals surface area contributed by atoms with Crippen molar-refractivity contribution in [2.75, 3.05) is 13.2 Å². The molecular weight excluding hydrogens is 342 g/mol. The number of carbonyl (C=O) groups excluding carboxylic acids is 1. The Bertz CT molecular complexity index is 389. The quantitative estimate of drug-likeness (QED) is 0.383. The number of ether oxygens (including phenoxy) is 3. The van der Waals surface area contributed by atoms with Crippen molar-refractivity contribution in [3.8, 4) is 0 Å². The molecule has 2 rings (SSSR count). The van der Waals surface area contributed by atoms with Gasteiger partial charge in [0.1, 0.15) is 0 Å². The summed E-state index contributed by atoms with van der Waals surface area (Å²) in [6, 6.07) is 0. The Morgan fingerprint density at radius 3 is 2.19 bits per heavy atom. The molecule has 0 bridgehead atoms. The maximum Gasteiger partial charge on any atom is 0.377 e. The van der Waals surface area contributed by atoms with Crippen LogP contribution in [0.1, 0.15) is 77.6 Å².